The monoisotopic (exact) mass is 339 g/mol. The van der Waals surface area contributed by atoms with Crippen molar-refractivity contribution >= 4 is 27.7 Å². The molecule has 3 N–H and O–H groups in total. The SMILES string of the molecule is CCCC(NC(=O)CN=C1NS(=O)(=O)c2ccccc21)C(=O)O. The summed E-state index contributed by atoms with van der Waals surface area (Å²) in [6, 6.07) is 5.32. The van der Waals surface area contributed by atoms with E-state index in [0.29, 0.717) is 18.4 Å². The number of carbonyl (C=O) groups is 2. The molecule has 0 aliphatic carbocycles. The van der Waals surface area contributed by atoms with Crippen molar-refractivity contribution < 1.29 is 23.1 Å². The third-order valence-electron chi connectivity index (χ3n) is 3.25. The highest BCUT2D eigenvalue weighted by molar-refractivity contribution is 7.90. The maximum absolute atomic E-state index is 11.9. The molecule has 124 valence electrons. The fourth-order valence-electron chi connectivity index (χ4n) is 2.19. The van der Waals surface area contributed by atoms with Gasteiger partial charge in [-0.1, -0.05) is 25.5 Å². The Morgan fingerprint density at radius 2 is 2.04 bits per heavy atom. The molecule has 0 spiro atoms. The minimum Gasteiger partial charge on any atom is -0.480 e. The average molecular weight is 339 g/mol. The Morgan fingerprint density at radius 3 is 2.70 bits per heavy atom. The van der Waals surface area contributed by atoms with Crippen molar-refractivity contribution in [1.29, 1.82) is 0 Å². The van der Waals surface area contributed by atoms with Crippen molar-refractivity contribution in [2.75, 3.05) is 6.54 Å². The van der Waals surface area contributed by atoms with Crippen LogP contribution in [0.25, 0.3) is 0 Å². The van der Waals surface area contributed by atoms with Crippen molar-refractivity contribution in [1.82, 2.24) is 10.0 Å². The Balaban J connectivity index is 2.10. The summed E-state index contributed by atoms with van der Waals surface area (Å²) in [5.74, 6) is -1.61. The zero-order chi connectivity index (χ0) is 17.0. The number of carbonyl (C=O) groups excluding carboxylic acids is 1. The number of amides is 1. The van der Waals surface area contributed by atoms with E-state index in [1.54, 1.807) is 18.2 Å². The minimum atomic E-state index is -3.65. The van der Waals surface area contributed by atoms with E-state index in [1.165, 1.54) is 6.07 Å². The van der Waals surface area contributed by atoms with E-state index >= 15 is 0 Å². The molecule has 1 atom stereocenters. The lowest BCUT2D eigenvalue weighted by Gasteiger charge is -2.12. The van der Waals surface area contributed by atoms with E-state index in [4.69, 9.17) is 5.11 Å². The smallest absolute Gasteiger partial charge is 0.326 e. The van der Waals surface area contributed by atoms with Gasteiger partial charge in [0.1, 0.15) is 18.4 Å². The standard InChI is InChI=1S/C14H17N3O5S/c1-2-5-10(14(19)20)16-12(18)8-15-13-9-6-3-4-7-11(9)23(21,22)17-13/h3-4,6-7,10H,2,5,8H2,1H3,(H,15,17)(H,16,18)(H,19,20). The van der Waals surface area contributed by atoms with Gasteiger partial charge in [0.2, 0.25) is 5.91 Å². The molecule has 1 amide bonds. The molecule has 1 unspecified atom stereocenters. The second-order valence-electron chi connectivity index (χ2n) is 5.01. The van der Waals surface area contributed by atoms with Crippen LogP contribution in [0.15, 0.2) is 34.2 Å². The van der Waals surface area contributed by atoms with E-state index in [-0.39, 0.29) is 17.3 Å². The van der Waals surface area contributed by atoms with Gasteiger partial charge in [0, 0.05) is 5.56 Å². The van der Waals surface area contributed by atoms with Crippen LogP contribution < -0.4 is 10.0 Å². The molecule has 1 aliphatic rings. The quantitative estimate of drug-likeness (QED) is 0.677. The van der Waals surface area contributed by atoms with Gasteiger partial charge in [-0.25, -0.2) is 13.2 Å². The fraction of sp³-hybridized carbons (Fsp3) is 0.357. The summed E-state index contributed by atoms with van der Waals surface area (Å²) in [5, 5.41) is 11.4. The van der Waals surface area contributed by atoms with Crippen molar-refractivity contribution in [3.05, 3.63) is 29.8 Å². The number of amidine groups is 1. The van der Waals surface area contributed by atoms with Crippen LogP contribution in [-0.2, 0) is 19.6 Å². The topological polar surface area (TPSA) is 125 Å². The van der Waals surface area contributed by atoms with Crippen LogP contribution in [0.2, 0.25) is 0 Å². The van der Waals surface area contributed by atoms with E-state index in [2.05, 4.69) is 15.0 Å². The van der Waals surface area contributed by atoms with Gasteiger partial charge >= 0.3 is 5.97 Å². The average Bonchev–Trinajstić information content (AvgIpc) is 2.76. The molecule has 0 aromatic heterocycles. The van der Waals surface area contributed by atoms with Crippen LogP contribution in [0.1, 0.15) is 25.3 Å². The maximum atomic E-state index is 11.9. The Labute approximate surface area is 133 Å². The van der Waals surface area contributed by atoms with Crippen molar-refractivity contribution in [3.8, 4) is 0 Å². The van der Waals surface area contributed by atoms with Crippen LogP contribution in [0.5, 0.6) is 0 Å². The molecule has 0 bridgehead atoms. The number of aliphatic carboxylic acids is 1. The molecule has 8 nitrogen and oxygen atoms in total. The van der Waals surface area contributed by atoms with Gasteiger partial charge < -0.3 is 10.4 Å². The molecule has 0 saturated carbocycles. The molecule has 2 rings (SSSR count). The van der Waals surface area contributed by atoms with E-state index in [1.807, 2.05) is 6.92 Å². The van der Waals surface area contributed by atoms with Gasteiger partial charge in [-0.3, -0.25) is 14.5 Å². The number of nitrogens with zero attached hydrogens (tertiary/aromatic N) is 1. The van der Waals surface area contributed by atoms with E-state index < -0.39 is 27.9 Å². The fourth-order valence-corrected chi connectivity index (χ4v) is 3.44. The van der Waals surface area contributed by atoms with Crippen molar-refractivity contribution in [3.63, 3.8) is 0 Å². The first-order chi connectivity index (χ1) is 10.8. The van der Waals surface area contributed by atoms with Gasteiger partial charge in [0.05, 0.1) is 4.90 Å². The Bertz CT molecular complexity index is 757. The highest BCUT2D eigenvalue weighted by atomic mass is 32.2. The number of aliphatic imine (C=N–C) groups is 1. The van der Waals surface area contributed by atoms with Gasteiger partial charge in [0.25, 0.3) is 10.0 Å². The second-order valence-corrected chi connectivity index (χ2v) is 6.66. The maximum Gasteiger partial charge on any atom is 0.326 e. The van der Waals surface area contributed by atoms with Crippen LogP contribution in [0, 0.1) is 0 Å². The second kappa shape index (κ2) is 6.78. The summed E-state index contributed by atoms with van der Waals surface area (Å²) in [6.45, 7) is 1.45. The van der Waals surface area contributed by atoms with Crippen LogP contribution in [0.3, 0.4) is 0 Å². The largest absolute Gasteiger partial charge is 0.480 e. The van der Waals surface area contributed by atoms with E-state index in [0.717, 1.165) is 0 Å². The van der Waals surface area contributed by atoms with Crippen LogP contribution in [0.4, 0.5) is 0 Å². The summed E-state index contributed by atoms with van der Waals surface area (Å²) in [4.78, 5) is 26.9. The summed E-state index contributed by atoms with van der Waals surface area (Å²) < 4.78 is 26.1. The lowest BCUT2D eigenvalue weighted by Crippen LogP contribution is -2.42. The summed E-state index contributed by atoms with van der Waals surface area (Å²) in [6.07, 6.45) is 0.923. The number of fused-ring (bicyclic) bond motifs is 1. The number of carboxylic acid groups (broad SMARTS) is 1. The van der Waals surface area contributed by atoms with Gasteiger partial charge in [-0.05, 0) is 18.6 Å². The number of rotatable bonds is 6. The molecular formula is C14H17N3O5S. The van der Waals surface area contributed by atoms with E-state index in [9.17, 15) is 18.0 Å². The Hall–Kier alpha value is -2.42. The third-order valence-corrected chi connectivity index (χ3v) is 4.65. The van der Waals surface area contributed by atoms with Crippen molar-refractivity contribution in [2.24, 2.45) is 4.99 Å². The molecule has 1 aromatic rings. The lowest BCUT2D eigenvalue weighted by atomic mass is 10.1. The predicted octanol–water partition coefficient (Wildman–Crippen LogP) is 0.0946. The summed E-state index contributed by atoms with van der Waals surface area (Å²) >= 11 is 0. The molecule has 0 fully saturated rings. The lowest BCUT2D eigenvalue weighted by molar-refractivity contribution is -0.141. The number of carboxylic acids is 1. The summed E-state index contributed by atoms with van der Waals surface area (Å²) in [7, 11) is -3.65. The number of hydrogen-bond donors (Lipinski definition) is 3. The first-order valence-corrected chi connectivity index (χ1v) is 8.52. The predicted molar refractivity (Wildman–Crippen MR) is 82.6 cm³/mol. The highest BCUT2D eigenvalue weighted by Crippen LogP contribution is 2.21. The number of nitrogens with one attached hydrogen (secondary N) is 2. The zero-order valence-electron chi connectivity index (χ0n) is 12.4. The number of sulfonamides is 1. The highest BCUT2D eigenvalue weighted by Gasteiger charge is 2.30. The summed E-state index contributed by atoms with van der Waals surface area (Å²) in [5.41, 5.74) is 0.392. The van der Waals surface area contributed by atoms with Crippen molar-refractivity contribution in [2.45, 2.75) is 30.7 Å². The van der Waals surface area contributed by atoms with Gasteiger partial charge in [-0.2, -0.15) is 0 Å². The van der Waals surface area contributed by atoms with Gasteiger partial charge in [0.15, 0.2) is 0 Å². The zero-order valence-corrected chi connectivity index (χ0v) is 13.3. The molecular weight excluding hydrogens is 322 g/mol. The molecule has 23 heavy (non-hydrogen) atoms. The van der Waals surface area contributed by atoms with Crippen LogP contribution >= 0.6 is 0 Å². The molecule has 0 saturated heterocycles. The first kappa shape index (κ1) is 16.9. The molecule has 1 aromatic carbocycles. The molecule has 1 aliphatic heterocycles. The Morgan fingerprint density at radius 1 is 1.35 bits per heavy atom. The minimum absolute atomic E-state index is 0.0816. The Kier molecular flexibility index (Phi) is 4.99. The van der Waals surface area contributed by atoms with Crippen LogP contribution in [-0.4, -0.2) is 43.8 Å². The number of hydrogen-bond acceptors (Lipinski definition) is 5. The molecule has 1 heterocycles. The van der Waals surface area contributed by atoms with Gasteiger partial charge in [-0.15, -0.1) is 0 Å². The normalized spacial score (nSPS) is 18.0. The molecule has 9 heteroatoms. The molecule has 0 radical (unpaired) electrons. The third kappa shape index (κ3) is 3.86. The number of benzene rings is 1. The first-order valence-electron chi connectivity index (χ1n) is 7.04.